The molecule has 0 aromatic heterocycles. The molecule has 0 spiro atoms. The number of hydrogen-bond donors (Lipinski definition) is 2. The molecule has 2 nitrogen and oxygen atoms in total. The summed E-state index contributed by atoms with van der Waals surface area (Å²) in [6.45, 7) is 8.60. The number of hydrogen-bond acceptors (Lipinski definition) is 3. The first kappa shape index (κ1) is 12.3. The molecule has 0 rings (SSSR count). The van der Waals surface area contributed by atoms with Crippen molar-refractivity contribution in [2.24, 2.45) is 5.73 Å². The molecule has 0 saturated heterocycles. The standard InChI is InChI=1S/C9H21NOS/c1-7(2)12-8(3)5-9(4,11)6-10/h7-8,11H,5-6,10H2,1-4H3. The maximum atomic E-state index is 9.67. The molecule has 0 bridgehead atoms. The van der Waals surface area contributed by atoms with Crippen molar-refractivity contribution in [2.75, 3.05) is 6.54 Å². The van der Waals surface area contributed by atoms with Crippen molar-refractivity contribution >= 4 is 11.8 Å². The molecule has 3 heteroatoms. The van der Waals surface area contributed by atoms with Gasteiger partial charge in [0.1, 0.15) is 0 Å². The molecule has 0 aromatic rings. The molecule has 0 aliphatic carbocycles. The van der Waals surface area contributed by atoms with Gasteiger partial charge in [-0.25, -0.2) is 0 Å². The highest BCUT2D eigenvalue weighted by atomic mass is 32.2. The van der Waals surface area contributed by atoms with E-state index in [9.17, 15) is 5.11 Å². The molecule has 0 amide bonds. The molecule has 0 aliphatic heterocycles. The lowest BCUT2D eigenvalue weighted by molar-refractivity contribution is 0.0608. The van der Waals surface area contributed by atoms with Gasteiger partial charge in [0.15, 0.2) is 0 Å². The van der Waals surface area contributed by atoms with E-state index >= 15 is 0 Å². The van der Waals surface area contributed by atoms with Crippen LogP contribution in [-0.2, 0) is 0 Å². The average Bonchev–Trinajstić information content (AvgIpc) is 1.84. The molecular weight excluding hydrogens is 170 g/mol. The summed E-state index contributed by atoms with van der Waals surface area (Å²) >= 11 is 1.88. The second kappa shape index (κ2) is 5.10. The minimum Gasteiger partial charge on any atom is -0.389 e. The lowest BCUT2D eigenvalue weighted by Gasteiger charge is -2.25. The Kier molecular flexibility index (Phi) is 5.21. The Labute approximate surface area is 79.9 Å². The van der Waals surface area contributed by atoms with E-state index in [0.717, 1.165) is 6.42 Å². The minimum atomic E-state index is -0.693. The molecule has 12 heavy (non-hydrogen) atoms. The van der Waals surface area contributed by atoms with Crippen molar-refractivity contribution in [3.63, 3.8) is 0 Å². The Morgan fingerprint density at radius 3 is 2.25 bits per heavy atom. The van der Waals surface area contributed by atoms with E-state index in [0.29, 0.717) is 17.0 Å². The van der Waals surface area contributed by atoms with Crippen LogP contribution in [0.2, 0.25) is 0 Å². The Morgan fingerprint density at radius 2 is 1.92 bits per heavy atom. The van der Waals surface area contributed by atoms with Gasteiger partial charge in [0.05, 0.1) is 5.60 Å². The van der Waals surface area contributed by atoms with E-state index < -0.39 is 5.60 Å². The van der Waals surface area contributed by atoms with Gasteiger partial charge in [0.2, 0.25) is 0 Å². The third-order valence-electron chi connectivity index (χ3n) is 1.67. The fraction of sp³-hybridized carbons (Fsp3) is 1.00. The highest BCUT2D eigenvalue weighted by molar-refractivity contribution is 8.00. The molecule has 2 atom stereocenters. The van der Waals surface area contributed by atoms with Crippen LogP contribution < -0.4 is 5.73 Å². The first-order chi connectivity index (χ1) is 5.37. The maximum absolute atomic E-state index is 9.67. The van der Waals surface area contributed by atoms with Crippen LogP contribution in [0.5, 0.6) is 0 Å². The molecule has 0 fully saturated rings. The zero-order chi connectivity index (χ0) is 9.78. The Bertz CT molecular complexity index is 126. The second-order valence-electron chi connectivity index (χ2n) is 3.90. The maximum Gasteiger partial charge on any atom is 0.0751 e. The lowest BCUT2D eigenvalue weighted by atomic mass is 10.0. The van der Waals surface area contributed by atoms with Crippen LogP contribution in [0.4, 0.5) is 0 Å². The molecule has 0 aromatic carbocycles. The van der Waals surface area contributed by atoms with Gasteiger partial charge in [-0.15, -0.1) is 0 Å². The monoisotopic (exact) mass is 191 g/mol. The first-order valence-electron chi connectivity index (χ1n) is 4.45. The quantitative estimate of drug-likeness (QED) is 0.694. The summed E-state index contributed by atoms with van der Waals surface area (Å²) in [6, 6.07) is 0. The van der Waals surface area contributed by atoms with Crippen LogP contribution in [0.25, 0.3) is 0 Å². The zero-order valence-electron chi connectivity index (χ0n) is 8.50. The van der Waals surface area contributed by atoms with Gasteiger partial charge in [-0.3, -0.25) is 0 Å². The van der Waals surface area contributed by atoms with Gasteiger partial charge >= 0.3 is 0 Å². The van der Waals surface area contributed by atoms with Crippen LogP contribution in [-0.4, -0.2) is 27.8 Å². The summed E-state index contributed by atoms with van der Waals surface area (Å²) in [5.41, 5.74) is 4.73. The van der Waals surface area contributed by atoms with E-state index in [1.807, 2.05) is 11.8 Å². The molecule has 3 N–H and O–H groups in total. The largest absolute Gasteiger partial charge is 0.389 e. The van der Waals surface area contributed by atoms with Crippen molar-refractivity contribution in [3.05, 3.63) is 0 Å². The summed E-state index contributed by atoms with van der Waals surface area (Å²) in [5, 5.41) is 10.8. The van der Waals surface area contributed by atoms with Gasteiger partial charge in [-0.2, -0.15) is 11.8 Å². The predicted molar refractivity (Wildman–Crippen MR) is 56.5 cm³/mol. The summed E-state index contributed by atoms with van der Waals surface area (Å²) in [7, 11) is 0. The van der Waals surface area contributed by atoms with E-state index in [4.69, 9.17) is 5.73 Å². The highest BCUT2D eigenvalue weighted by Crippen LogP contribution is 2.24. The predicted octanol–water partition coefficient (Wildman–Crippen LogP) is 1.62. The molecule has 0 saturated carbocycles. The van der Waals surface area contributed by atoms with Gasteiger partial charge < -0.3 is 10.8 Å². The minimum absolute atomic E-state index is 0.343. The number of rotatable bonds is 5. The topological polar surface area (TPSA) is 46.2 Å². The fourth-order valence-electron chi connectivity index (χ4n) is 1.22. The van der Waals surface area contributed by atoms with Gasteiger partial charge in [0.25, 0.3) is 0 Å². The summed E-state index contributed by atoms with van der Waals surface area (Å²) in [5.74, 6) is 0. The zero-order valence-corrected chi connectivity index (χ0v) is 9.32. The Hall–Kier alpha value is 0.270. The fourth-order valence-corrected chi connectivity index (χ4v) is 2.60. The van der Waals surface area contributed by atoms with Crippen LogP contribution >= 0.6 is 11.8 Å². The Balaban J connectivity index is 3.75. The molecule has 2 unspecified atom stereocenters. The highest BCUT2D eigenvalue weighted by Gasteiger charge is 2.21. The van der Waals surface area contributed by atoms with Crippen molar-refractivity contribution < 1.29 is 5.11 Å². The molecule has 74 valence electrons. The van der Waals surface area contributed by atoms with Crippen LogP contribution in [0.15, 0.2) is 0 Å². The van der Waals surface area contributed by atoms with E-state index in [1.54, 1.807) is 6.92 Å². The van der Waals surface area contributed by atoms with Crippen LogP contribution in [0.3, 0.4) is 0 Å². The average molecular weight is 191 g/mol. The lowest BCUT2D eigenvalue weighted by Crippen LogP contribution is -2.36. The third-order valence-corrected chi connectivity index (χ3v) is 2.85. The van der Waals surface area contributed by atoms with Crippen LogP contribution in [0.1, 0.15) is 34.1 Å². The summed E-state index contributed by atoms with van der Waals surface area (Å²) < 4.78 is 0. The van der Waals surface area contributed by atoms with Crippen molar-refractivity contribution in [1.82, 2.24) is 0 Å². The van der Waals surface area contributed by atoms with Gasteiger partial charge in [-0.05, 0) is 18.6 Å². The summed E-state index contributed by atoms with van der Waals surface area (Å²) in [6.07, 6.45) is 0.770. The third kappa shape index (κ3) is 5.86. The molecule has 0 radical (unpaired) electrons. The SMILES string of the molecule is CC(C)SC(C)CC(C)(O)CN. The number of aliphatic hydroxyl groups is 1. The van der Waals surface area contributed by atoms with Gasteiger partial charge in [-0.1, -0.05) is 20.8 Å². The van der Waals surface area contributed by atoms with Gasteiger partial charge in [0, 0.05) is 11.8 Å². The Morgan fingerprint density at radius 1 is 1.42 bits per heavy atom. The molecule has 0 aliphatic rings. The normalized spacial score (nSPS) is 19.2. The van der Waals surface area contributed by atoms with E-state index in [-0.39, 0.29) is 0 Å². The second-order valence-corrected chi connectivity index (χ2v) is 5.92. The van der Waals surface area contributed by atoms with Crippen molar-refractivity contribution in [3.8, 4) is 0 Å². The van der Waals surface area contributed by atoms with Crippen LogP contribution in [0, 0.1) is 0 Å². The number of nitrogens with two attached hydrogens (primary N) is 1. The van der Waals surface area contributed by atoms with E-state index in [2.05, 4.69) is 20.8 Å². The first-order valence-corrected chi connectivity index (χ1v) is 5.39. The summed E-state index contributed by atoms with van der Waals surface area (Å²) in [4.78, 5) is 0. The molecule has 0 heterocycles. The van der Waals surface area contributed by atoms with Crippen molar-refractivity contribution in [1.29, 1.82) is 0 Å². The number of thioether (sulfide) groups is 1. The van der Waals surface area contributed by atoms with Crippen molar-refractivity contribution in [2.45, 2.75) is 50.2 Å². The smallest absolute Gasteiger partial charge is 0.0751 e. The molecular formula is C9H21NOS. The van der Waals surface area contributed by atoms with E-state index in [1.165, 1.54) is 0 Å².